The summed E-state index contributed by atoms with van der Waals surface area (Å²) < 4.78 is 11.4. The lowest BCUT2D eigenvalue weighted by atomic mass is 9.83. The molecule has 0 amide bonds. The minimum atomic E-state index is -0.344. The van der Waals surface area contributed by atoms with Crippen molar-refractivity contribution in [2.75, 3.05) is 14.2 Å². The van der Waals surface area contributed by atoms with Gasteiger partial charge in [-0.15, -0.1) is 0 Å². The van der Waals surface area contributed by atoms with Gasteiger partial charge in [0.1, 0.15) is 5.75 Å². The summed E-state index contributed by atoms with van der Waals surface area (Å²) in [7, 11) is 3.44. The van der Waals surface area contributed by atoms with Gasteiger partial charge in [0.2, 0.25) is 0 Å². The van der Waals surface area contributed by atoms with Crippen molar-refractivity contribution in [2.24, 2.45) is 5.84 Å². The van der Waals surface area contributed by atoms with E-state index < -0.39 is 0 Å². The predicted octanol–water partition coefficient (Wildman–Crippen LogP) is 3.02. The fourth-order valence-corrected chi connectivity index (χ4v) is 2.90. The maximum absolute atomic E-state index is 5.84. The van der Waals surface area contributed by atoms with Crippen molar-refractivity contribution in [1.82, 2.24) is 5.43 Å². The molecule has 4 nitrogen and oxygen atoms in total. The Hall–Kier alpha value is -1.10. The van der Waals surface area contributed by atoms with Gasteiger partial charge >= 0.3 is 0 Å². The van der Waals surface area contributed by atoms with Crippen LogP contribution in [0.5, 0.6) is 5.75 Å². The smallest absolute Gasteiger partial charge is 0.126 e. The Morgan fingerprint density at radius 1 is 1.20 bits per heavy atom. The molecule has 0 fully saturated rings. The summed E-state index contributed by atoms with van der Waals surface area (Å²) in [5.41, 5.74) is 5.98. The lowest BCUT2D eigenvalue weighted by Gasteiger charge is -2.39. The van der Waals surface area contributed by atoms with E-state index in [2.05, 4.69) is 45.3 Å². The normalized spacial score (nSPS) is 13.3. The second kappa shape index (κ2) is 7.07. The zero-order valence-corrected chi connectivity index (χ0v) is 13.5. The first-order chi connectivity index (χ1) is 9.51. The average Bonchev–Trinajstić information content (AvgIpc) is 2.48. The summed E-state index contributed by atoms with van der Waals surface area (Å²) >= 11 is 0. The van der Waals surface area contributed by atoms with Gasteiger partial charge in [-0.3, -0.25) is 5.84 Å². The van der Waals surface area contributed by atoms with E-state index in [9.17, 15) is 0 Å². The first kappa shape index (κ1) is 17.0. The summed E-state index contributed by atoms with van der Waals surface area (Å²) in [6, 6.07) is 4.06. The molecule has 1 rings (SSSR count). The molecule has 1 aromatic rings. The maximum atomic E-state index is 5.84. The molecular formula is C16H28N2O2. The molecule has 0 aliphatic rings. The zero-order valence-electron chi connectivity index (χ0n) is 13.5. The summed E-state index contributed by atoms with van der Waals surface area (Å²) in [4.78, 5) is 0. The predicted molar refractivity (Wildman–Crippen MR) is 82.9 cm³/mol. The number of methoxy groups -OCH3 is 2. The first-order valence-corrected chi connectivity index (χ1v) is 7.16. The highest BCUT2D eigenvalue weighted by Crippen LogP contribution is 2.40. The highest BCUT2D eigenvalue weighted by molar-refractivity contribution is 5.47. The summed E-state index contributed by atoms with van der Waals surface area (Å²) in [5.74, 6) is 6.73. The summed E-state index contributed by atoms with van der Waals surface area (Å²) in [5, 5.41) is 0. The maximum Gasteiger partial charge on any atom is 0.126 e. The SMILES string of the molecule is CCC(CC)(OC)C(NN)c1ccc(C)c(C)c1OC. The molecule has 3 N–H and O–H groups in total. The number of nitrogens with one attached hydrogen (secondary N) is 1. The Morgan fingerprint density at radius 3 is 2.20 bits per heavy atom. The molecule has 4 heteroatoms. The Morgan fingerprint density at radius 2 is 1.80 bits per heavy atom. The summed E-state index contributed by atoms with van der Waals surface area (Å²) in [6.07, 6.45) is 1.73. The van der Waals surface area contributed by atoms with E-state index in [-0.39, 0.29) is 11.6 Å². The first-order valence-electron chi connectivity index (χ1n) is 7.16. The molecule has 1 unspecified atom stereocenters. The van der Waals surface area contributed by atoms with Gasteiger partial charge in [0.05, 0.1) is 18.8 Å². The largest absolute Gasteiger partial charge is 0.496 e. The van der Waals surface area contributed by atoms with Gasteiger partial charge in [0.15, 0.2) is 0 Å². The summed E-state index contributed by atoms with van der Waals surface area (Å²) in [6.45, 7) is 8.38. The zero-order chi connectivity index (χ0) is 15.3. The molecule has 0 aliphatic heterocycles. The highest BCUT2D eigenvalue weighted by atomic mass is 16.5. The molecule has 0 spiro atoms. The van der Waals surface area contributed by atoms with Gasteiger partial charge in [0, 0.05) is 12.7 Å². The van der Waals surface area contributed by atoms with Gasteiger partial charge in [-0.25, -0.2) is 5.43 Å². The molecule has 0 aromatic heterocycles. The second-order valence-corrected chi connectivity index (χ2v) is 5.21. The van der Waals surface area contributed by atoms with E-state index in [4.69, 9.17) is 15.3 Å². The molecule has 0 heterocycles. The topological polar surface area (TPSA) is 56.5 Å². The number of aryl methyl sites for hydroxylation is 1. The van der Waals surface area contributed by atoms with Crippen molar-refractivity contribution in [1.29, 1.82) is 0 Å². The van der Waals surface area contributed by atoms with E-state index in [0.717, 1.165) is 29.7 Å². The average molecular weight is 280 g/mol. The van der Waals surface area contributed by atoms with E-state index in [0.29, 0.717) is 0 Å². The molecule has 0 saturated heterocycles. The van der Waals surface area contributed by atoms with Crippen molar-refractivity contribution < 1.29 is 9.47 Å². The van der Waals surface area contributed by atoms with Gasteiger partial charge in [-0.05, 0) is 37.8 Å². The van der Waals surface area contributed by atoms with Crippen molar-refractivity contribution in [3.8, 4) is 5.75 Å². The molecule has 0 bridgehead atoms. The highest BCUT2D eigenvalue weighted by Gasteiger charge is 2.38. The Bertz CT molecular complexity index is 434. The third-order valence-electron chi connectivity index (χ3n) is 4.52. The van der Waals surface area contributed by atoms with Crippen molar-refractivity contribution in [2.45, 2.75) is 52.2 Å². The van der Waals surface area contributed by atoms with Crippen LogP contribution in [0.2, 0.25) is 0 Å². The Kier molecular flexibility index (Phi) is 5.99. The van der Waals surface area contributed by atoms with Crippen LogP contribution in [0.4, 0.5) is 0 Å². The van der Waals surface area contributed by atoms with E-state index in [1.54, 1.807) is 14.2 Å². The van der Waals surface area contributed by atoms with E-state index in [1.807, 2.05) is 0 Å². The van der Waals surface area contributed by atoms with Gasteiger partial charge in [0.25, 0.3) is 0 Å². The minimum absolute atomic E-state index is 0.114. The standard InChI is InChI=1S/C16H28N2O2/c1-7-16(8-2,20-6)15(18-17)13-10-9-11(3)12(4)14(13)19-5/h9-10,15,18H,7-8,17H2,1-6H3. The Balaban J connectivity index is 3.42. The van der Waals surface area contributed by atoms with Crippen LogP contribution in [-0.2, 0) is 4.74 Å². The van der Waals surface area contributed by atoms with Crippen LogP contribution in [0.3, 0.4) is 0 Å². The quantitative estimate of drug-likeness (QED) is 0.595. The molecular weight excluding hydrogens is 252 g/mol. The third-order valence-corrected chi connectivity index (χ3v) is 4.52. The molecule has 1 aromatic carbocycles. The number of hydrogen-bond acceptors (Lipinski definition) is 4. The van der Waals surface area contributed by atoms with Crippen molar-refractivity contribution in [3.63, 3.8) is 0 Å². The van der Waals surface area contributed by atoms with Crippen LogP contribution in [0, 0.1) is 13.8 Å². The van der Waals surface area contributed by atoms with Crippen molar-refractivity contribution in [3.05, 3.63) is 28.8 Å². The van der Waals surface area contributed by atoms with E-state index >= 15 is 0 Å². The lowest BCUT2D eigenvalue weighted by molar-refractivity contribution is -0.0491. The molecule has 0 saturated carbocycles. The number of nitrogens with two attached hydrogens (primary N) is 1. The fourth-order valence-electron chi connectivity index (χ4n) is 2.90. The minimum Gasteiger partial charge on any atom is -0.496 e. The number of hydrazine groups is 1. The lowest BCUT2D eigenvalue weighted by Crippen LogP contribution is -2.47. The monoisotopic (exact) mass is 280 g/mol. The van der Waals surface area contributed by atoms with Crippen LogP contribution in [0.1, 0.15) is 49.4 Å². The number of hydrogen-bond donors (Lipinski definition) is 2. The van der Waals surface area contributed by atoms with E-state index in [1.165, 1.54) is 5.56 Å². The van der Waals surface area contributed by atoms with Crippen LogP contribution >= 0.6 is 0 Å². The third kappa shape index (κ3) is 2.82. The van der Waals surface area contributed by atoms with Gasteiger partial charge in [-0.2, -0.15) is 0 Å². The number of ether oxygens (including phenoxy) is 2. The number of rotatable bonds is 7. The van der Waals surface area contributed by atoms with Crippen LogP contribution in [0.15, 0.2) is 12.1 Å². The Labute approximate surface area is 122 Å². The number of benzene rings is 1. The van der Waals surface area contributed by atoms with Crippen molar-refractivity contribution >= 4 is 0 Å². The van der Waals surface area contributed by atoms with Crippen LogP contribution in [-0.4, -0.2) is 19.8 Å². The van der Waals surface area contributed by atoms with Gasteiger partial charge < -0.3 is 9.47 Å². The second-order valence-electron chi connectivity index (χ2n) is 5.21. The molecule has 1 atom stereocenters. The molecule has 20 heavy (non-hydrogen) atoms. The van der Waals surface area contributed by atoms with Gasteiger partial charge in [-0.1, -0.05) is 26.0 Å². The molecule has 0 aliphatic carbocycles. The van der Waals surface area contributed by atoms with Crippen LogP contribution < -0.4 is 16.0 Å². The molecule has 114 valence electrons. The molecule has 0 radical (unpaired) electrons. The fraction of sp³-hybridized carbons (Fsp3) is 0.625. The van der Waals surface area contributed by atoms with Crippen LogP contribution in [0.25, 0.3) is 0 Å².